The molecule has 0 fully saturated rings. The van der Waals surface area contributed by atoms with Crippen molar-refractivity contribution in [3.05, 3.63) is 81.6 Å². The molecule has 0 aliphatic carbocycles. The maximum Gasteiger partial charge on any atom is 0.250 e. The number of halogens is 2. The van der Waals surface area contributed by atoms with E-state index < -0.39 is 5.82 Å². The highest BCUT2D eigenvalue weighted by Gasteiger charge is 2.07. The van der Waals surface area contributed by atoms with Crippen molar-refractivity contribution in [2.24, 2.45) is 0 Å². The van der Waals surface area contributed by atoms with Crippen molar-refractivity contribution >= 4 is 11.6 Å². The highest BCUT2D eigenvalue weighted by atomic mass is 35.5. The third-order valence-electron chi connectivity index (χ3n) is 3.62. The van der Waals surface area contributed by atoms with Gasteiger partial charge >= 0.3 is 0 Å². The van der Waals surface area contributed by atoms with E-state index >= 15 is 0 Å². The van der Waals surface area contributed by atoms with Gasteiger partial charge in [0.05, 0.1) is 13.7 Å². The van der Waals surface area contributed by atoms with Crippen LogP contribution in [0, 0.1) is 5.82 Å². The molecular formula is C18H14ClFN2O2. The van der Waals surface area contributed by atoms with Crippen molar-refractivity contribution < 1.29 is 9.13 Å². The summed E-state index contributed by atoms with van der Waals surface area (Å²) in [6.07, 6.45) is 3.34. The van der Waals surface area contributed by atoms with Crippen molar-refractivity contribution in [3.63, 3.8) is 0 Å². The zero-order valence-electron chi connectivity index (χ0n) is 12.9. The molecule has 0 saturated carbocycles. The van der Waals surface area contributed by atoms with Crippen molar-refractivity contribution in [2.45, 2.75) is 6.54 Å². The molecule has 0 bridgehead atoms. The fraction of sp³-hybridized carbons (Fsp3) is 0.111. The van der Waals surface area contributed by atoms with Crippen LogP contribution in [-0.2, 0) is 6.54 Å². The zero-order chi connectivity index (χ0) is 17.1. The lowest BCUT2D eigenvalue weighted by Gasteiger charge is -2.10. The van der Waals surface area contributed by atoms with Crippen molar-refractivity contribution in [1.29, 1.82) is 0 Å². The number of hydrogen-bond donors (Lipinski definition) is 0. The molecule has 3 aromatic rings. The molecular weight excluding hydrogens is 331 g/mol. The Morgan fingerprint density at radius 3 is 2.62 bits per heavy atom. The summed E-state index contributed by atoms with van der Waals surface area (Å²) in [5, 5.41) is 0.321. The molecule has 3 rings (SSSR count). The quantitative estimate of drug-likeness (QED) is 0.724. The molecule has 4 nitrogen and oxygen atoms in total. The molecule has 0 atom stereocenters. The minimum Gasteiger partial charge on any atom is -0.481 e. The molecule has 0 saturated heterocycles. The summed E-state index contributed by atoms with van der Waals surface area (Å²) in [5.41, 5.74) is 1.82. The van der Waals surface area contributed by atoms with Crippen LogP contribution in [-0.4, -0.2) is 16.7 Å². The van der Waals surface area contributed by atoms with Crippen LogP contribution < -0.4 is 10.3 Å². The molecule has 2 heterocycles. The second kappa shape index (κ2) is 6.84. The first kappa shape index (κ1) is 16.2. The van der Waals surface area contributed by atoms with Gasteiger partial charge in [-0.3, -0.25) is 4.79 Å². The molecule has 0 aliphatic rings. The Morgan fingerprint density at radius 2 is 1.96 bits per heavy atom. The highest BCUT2D eigenvalue weighted by Crippen LogP contribution is 2.20. The van der Waals surface area contributed by atoms with E-state index in [1.165, 1.54) is 16.7 Å². The molecule has 0 spiro atoms. The van der Waals surface area contributed by atoms with Gasteiger partial charge in [0.2, 0.25) is 5.88 Å². The standard InChI is InChI=1S/C18H14ClFN2O2/c1-24-17-6-3-12(9-21-17)13-4-7-18(23)22(10-13)11-14-2-5-15(19)8-16(14)20/h2-10H,11H2,1H3. The number of pyridine rings is 2. The molecule has 0 radical (unpaired) electrons. The predicted molar refractivity (Wildman–Crippen MR) is 91.0 cm³/mol. The van der Waals surface area contributed by atoms with Crippen LogP contribution in [0.5, 0.6) is 5.88 Å². The Bertz CT molecular complexity index is 923. The molecule has 122 valence electrons. The van der Waals surface area contributed by atoms with E-state index in [0.717, 1.165) is 11.1 Å². The monoisotopic (exact) mass is 344 g/mol. The Balaban J connectivity index is 1.95. The van der Waals surface area contributed by atoms with Crippen LogP contribution in [0.4, 0.5) is 4.39 Å². The summed E-state index contributed by atoms with van der Waals surface area (Å²) in [6, 6.07) is 11.2. The van der Waals surface area contributed by atoms with E-state index in [-0.39, 0.29) is 12.1 Å². The first-order valence-electron chi connectivity index (χ1n) is 7.21. The van der Waals surface area contributed by atoms with Gasteiger partial charge in [0.25, 0.3) is 5.56 Å². The lowest BCUT2D eigenvalue weighted by molar-refractivity contribution is 0.398. The molecule has 2 aromatic heterocycles. The van der Waals surface area contributed by atoms with Gasteiger partial charge in [-0.1, -0.05) is 17.7 Å². The van der Waals surface area contributed by atoms with Gasteiger partial charge in [-0.25, -0.2) is 9.37 Å². The number of nitrogens with zero attached hydrogens (tertiary/aromatic N) is 2. The average Bonchev–Trinajstić information content (AvgIpc) is 2.59. The van der Waals surface area contributed by atoms with E-state index in [1.54, 1.807) is 43.8 Å². The Labute approximate surface area is 143 Å². The van der Waals surface area contributed by atoms with Gasteiger partial charge < -0.3 is 9.30 Å². The number of hydrogen-bond acceptors (Lipinski definition) is 3. The van der Waals surface area contributed by atoms with Gasteiger partial charge in [0.15, 0.2) is 0 Å². The minimum atomic E-state index is -0.439. The fourth-order valence-electron chi connectivity index (χ4n) is 2.33. The number of ether oxygens (including phenoxy) is 1. The van der Waals surface area contributed by atoms with Gasteiger partial charge in [-0.05, 0) is 29.8 Å². The largest absolute Gasteiger partial charge is 0.481 e. The van der Waals surface area contributed by atoms with Gasteiger partial charge in [-0.2, -0.15) is 0 Å². The molecule has 1 aromatic carbocycles. The summed E-state index contributed by atoms with van der Waals surface area (Å²) >= 11 is 5.76. The van der Waals surface area contributed by atoms with Crippen LogP contribution >= 0.6 is 11.6 Å². The van der Waals surface area contributed by atoms with E-state index in [9.17, 15) is 9.18 Å². The van der Waals surface area contributed by atoms with E-state index in [2.05, 4.69) is 4.98 Å². The summed E-state index contributed by atoms with van der Waals surface area (Å²) in [7, 11) is 1.54. The van der Waals surface area contributed by atoms with Crippen molar-refractivity contribution in [3.8, 4) is 17.0 Å². The van der Waals surface area contributed by atoms with Crippen LogP contribution in [0.15, 0.2) is 59.7 Å². The van der Waals surface area contributed by atoms with E-state index in [1.807, 2.05) is 6.07 Å². The molecule has 24 heavy (non-hydrogen) atoms. The lowest BCUT2D eigenvalue weighted by atomic mass is 10.1. The van der Waals surface area contributed by atoms with Gasteiger partial charge in [-0.15, -0.1) is 0 Å². The third kappa shape index (κ3) is 3.46. The SMILES string of the molecule is COc1ccc(-c2ccc(=O)n(Cc3ccc(Cl)cc3F)c2)cn1. The number of methoxy groups -OCH3 is 1. The third-order valence-corrected chi connectivity index (χ3v) is 3.85. The molecule has 0 N–H and O–H groups in total. The summed E-state index contributed by atoms with van der Waals surface area (Å²) in [5.74, 6) is 0.0706. The van der Waals surface area contributed by atoms with Crippen LogP contribution in [0.2, 0.25) is 5.02 Å². The second-order valence-electron chi connectivity index (χ2n) is 5.21. The fourth-order valence-corrected chi connectivity index (χ4v) is 2.49. The van der Waals surface area contributed by atoms with E-state index in [0.29, 0.717) is 16.5 Å². The number of rotatable bonds is 4. The smallest absolute Gasteiger partial charge is 0.250 e. The summed E-state index contributed by atoms with van der Waals surface area (Å²) in [6.45, 7) is 0.124. The second-order valence-corrected chi connectivity index (χ2v) is 5.65. The van der Waals surface area contributed by atoms with Crippen LogP contribution in [0.25, 0.3) is 11.1 Å². The molecule has 0 amide bonds. The summed E-state index contributed by atoms with van der Waals surface area (Å²) < 4.78 is 20.4. The van der Waals surface area contributed by atoms with Gasteiger partial charge in [0.1, 0.15) is 5.82 Å². The van der Waals surface area contributed by atoms with E-state index in [4.69, 9.17) is 16.3 Å². The van der Waals surface area contributed by atoms with Crippen LogP contribution in [0.3, 0.4) is 0 Å². The number of aromatic nitrogens is 2. The Kier molecular flexibility index (Phi) is 4.62. The maximum atomic E-state index is 14.0. The van der Waals surface area contributed by atoms with Crippen LogP contribution in [0.1, 0.15) is 5.56 Å². The van der Waals surface area contributed by atoms with Gasteiger partial charge in [0, 0.05) is 40.7 Å². The Hall–Kier alpha value is -2.66. The topological polar surface area (TPSA) is 44.1 Å². The first-order valence-corrected chi connectivity index (χ1v) is 7.59. The first-order chi connectivity index (χ1) is 11.6. The zero-order valence-corrected chi connectivity index (χ0v) is 13.6. The Morgan fingerprint density at radius 1 is 1.17 bits per heavy atom. The number of benzene rings is 1. The predicted octanol–water partition coefficient (Wildman–Crippen LogP) is 3.76. The highest BCUT2D eigenvalue weighted by molar-refractivity contribution is 6.30. The van der Waals surface area contributed by atoms with Crippen molar-refractivity contribution in [2.75, 3.05) is 7.11 Å². The molecule has 0 unspecified atom stereocenters. The average molecular weight is 345 g/mol. The lowest BCUT2D eigenvalue weighted by Crippen LogP contribution is -2.19. The normalized spacial score (nSPS) is 10.6. The maximum absolute atomic E-state index is 14.0. The molecule has 6 heteroatoms. The molecule has 0 aliphatic heterocycles. The van der Waals surface area contributed by atoms with Crippen molar-refractivity contribution in [1.82, 2.24) is 9.55 Å². The summed E-state index contributed by atoms with van der Waals surface area (Å²) in [4.78, 5) is 16.2. The minimum absolute atomic E-state index is 0.124.